The number of anilines is 1. The summed E-state index contributed by atoms with van der Waals surface area (Å²) in [5.74, 6) is -0.882. The van der Waals surface area contributed by atoms with Crippen molar-refractivity contribution in [3.63, 3.8) is 0 Å². The molecule has 0 aliphatic carbocycles. The molecule has 0 aliphatic heterocycles. The van der Waals surface area contributed by atoms with E-state index < -0.39 is 5.82 Å². The minimum Gasteiger partial charge on any atom is -0.349 e. The zero-order valence-corrected chi connectivity index (χ0v) is 13.8. The second kappa shape index (κ2) is 8.70. The number of likely N-dealkylation sites (N-methyl/N-ethyl adjacent to an activating group) is 1. The van der Waals surface area contributed by atoms with Crippen LogP contribution in [0.25, 0.3) is 0 Å². The van der Waals surface area contributed by atoms with Crippen LogP contribution in [0.4, 0.5) is 10.1 Å². The Labute approximate surface area is 134 Å². The van der Waals surface area contributed by atoms with Crippen LogP contribution >= 0.6 is 11.6 Å². The van der Waals surface area contributed by atoms with E-state index in [9.17, 15) is 14.0 Å². The lowest BCUT2D eigenvalue weighted by Gasteiger charge is -2.17. The summed E-state index contributed by atoms with van der Waals surface area (Å²) in [4.78, 5) is 24.5. The molecule has 22 heavy (non-hydrogen) atoms. The van der Waals surface area contributed by atoms with Crippen molar-refractivity contribution in [2.45, 2.75) is 26.8 Å². The Morgan fingerprint density at radius 3 is 2.45 bits per heavy atom. The van der Waals surface area contributed by atoms with Gasteiger partial charge in [0, 0.05) is 11.7 Å². The number of carbonyl (C=O) groups is 2. The lowest BCUT2D eigenvalue weighted by atomic mass is 10.3. The monoisotopic (exact) mass is 330 g/mol. The summed E-state index contributed by atoms with van der Waals surface area (Å²) in [5.41, 5.74) is 0.429. The standard InChI is InChI=1S/C15H21ClFN3O2/c1-4-20(8-14(21)18-10(2)3)9-15(22)19-11-5-6-13(17)12(16)7-11/h5-7,10H,4,8-9H2,1-3H3,(H,18,21)(H,19,22)/p+1. The van der Waals surface area contributed by atoms with E-state index >= 15 is 0 Å². The van der Waals surface area contributed by atoms with Crippen molar-refractivity contribution >= 4 is 29.1 Å². The number of benzene rings is 1. The molecule has 5 nitrogen and oxygen atoms in total. The lowest BCUT2D eigenvalue weighted by molar-refractivity contribution is -0.881. The highest BCUT2D eigenvalue weighted by Crippen LogP contribution is 2.18. The first-order chi connectivity index (χ1) is 10.3. The number of rotatable bonds is 7. The van der Waals surface area contributed by atoms with Gasteiger partial charge in [0.05, 0.1) is 11.6 Å². The molecule has 1 atom stereocenters. The van der Waals surface area contributed by atoms with Gasteiger partial charge in [0.2, 0.25) is 0 Å². The molecule has 7 heteroatoms. The Bertz CT molecular complexity index is 538. The van der Waals surface area contributed by atoms with Gasteiger partial charge in [0.1, 0.15) is 5.82 Å². The molecule has 0 aromatic heterocycles. The van der Waals surface area contributed by atoms with Crippen LogP contribution in [0.15, 0.2) is 18.2 Å². The molecule has 1 aromatic rings. The van der Waals surface area contributed by atoms with E-state index in [1.807, 2.05) is 20.8 Å². The fourth-order valence-electron chi connectivity index (χ4n) is 1.92. The molecule has 122 valence electrons. The molecule has 1 aromatic carbocycles. The highest BCUT2D eigenvalue weighted by molar-refractivity contribution is 6.31. The van der Waals surface area contributed by atoms with Crippen LogP contribution in [0.5, 0.6) is 0 Å². The Morgan fingerprint density at radius 2 is 1.91 bits per heavy atom. The van der Waals surface area contributed by atoms with Crippen LogP contribution < -0.4 is 15.5 Å². The van der Waals surface area contributed by atoms with Crippen molar-refractivity contribution in [1.82, 2.24) is 5.32 Å². The second-order valence-corrected chi connectivity index (χ2v) is 5.76. The first-order valence-corrected chi connectivity index (χ1v) is 7.57. The third-order valence-electron chi connectivity index (χ3n) is 2.97. The maximum Gasteiger partial charge on any atom is 0.279 e. The van der Waals surface area contributed by atoms with Crippen molar-refractivity contribution in [2.24, 2.45) is 0 Å². The lowest BCUT2D eigenvalue weighted by Crippen LogP contribution is -3.14. The third kappa shape index (κ3) is 6.41. The van der Waals surface area contributed by atoms with E-state index in [0.29, 0.717) is 12.2 Å². The zero-order valence-electron chi connectivity index (χ0n) is 13.0. The maximum absolute atomic E-state index is 13.1. The molecule has 0 heterocycles. The average Bonchev–Trinajstić information content (AvgIpc) is 2.41. The van der Waals surface area contributed by atoms with Crippen LogP contribution in [0.2, 0.25) is 5.02 Å². The quantitative estimate of drug-likeness (QED) is 0.694. The number of halogens is 2. The fourth-order valence-corrected chi connectivity index (χ4v) is 2.10. The average molecular weight is 331 g/mol. The predicted molar refractivity (Wildman–Crippen MR) is 84.6 cm³/mol. The molecule has 1 rings (SSSR count). The number of amides is 2. The minimum absolute atomic E-state index is 0.0474. The highest BCUT2D eigenvalue weighted by Gasteiger charge is 2.17. The third-order valence-corrected chi connectivity index (χ3v) is 3.26. The van der Waals surface area contributed by atoms with Gasteiger partial charge in [-0.2, -0.15) is 0 Å². The first-order valence-electron chi connectivity index (χ1n) is 7.19. The van der Waals surface area contributed by atoms with Gasteiger partial charge < -0.3 is 15.5 Å². The number of hydrogen-bond donors (Lipinski definition) is 3. The fraction of sp³-hybridized carbons (Fsp3) is 0.467. The summed E-state index contributed by atoms with van der Waals surface area (Å²) in [6, 6.07) is 4.06. The van der Waals surface area contributed by atoms with Crippen molar-refractivity contribution in [3.05, 3.63) is 29.0 Å². The van der Waals surface area contributed by atoms with E-state index in [1.54, 1.807) is 0 Å². The molecule has 0 fully saturated rings. The van der Waals surface area contributed by atoms with E-state index in [1.165, 1.54) is 18.2 Å². The molecular weight excluding hydrogens is 309 g/mol. The van der Waals surface area contributed by atoms with Crippen molar-refractivity contribution in [3.8, 4) is 0 Å². The van der Waals surface area contributed by atoms with Crippen LogP contribution in [-0.4, -0.2) is 37.5 Å². The van der Waals surface area contributed by atoms with Gasteiger partial charge in [-0.05, 0) is 39.0 Å². The summed E-state index contributed by atoms with van der Waals surface area (Å²) in [6.45, 7) is 6.69. The van der Waals surface area contributed by atoms with Crippen molar-refractivity contribution < 1.29 is 18.9 Å². The smallest absolute Gasteiger partial charge is 0.279 e. The van der Waals surface area contributed by atoms with Gasteiger partial charge in [-0.25, -0.2) is 4.39 Å². The van der Waals surface area contributed by atoms with Gasteiger partial charge in [0.15, 0.2) is 13.1 Å². The topological polar surface area (TPSA) is 62.6 Å². The van der Waals surface area contributed by atoms with Crippen molar-refractivity contribution in [1.29, 1.82) is 0 Å². The Kier molecular flexibility index (Phi) is 7.27. The molecule has 0 saturated heterocycles. The van der Waals surface area contributed by atoms with Crippen LogP contribution in [0.1, 0.15) is 20.8 Å². The number of quaternary nitrogens is 1. The van der Waals surface area contributed by atoms with Crippen LogP contribution in [-0.2, 0) is 9.59 Å². The largest absolute Gasteiger partial charge is 0.349 e. The molecule has 1 unspecified atom stereocenters. The van der Waals surface area contributed by atoms with Crippen molar-refractivity contribution in [2.75, 3.05) is 25.0 Å². The number of carbonyl (C=O) groups excluding carboxylic acids is 2. The molecule has 0 saturated carbocycles. The molecule has 0 spiro atoms. The van der Waals surface area contributed by atoms with Gasteiger partial charge in [-0.3, -0.25) is 9.59 Å². The van der Waals surface area contributed by atoms with Gasteiger partial charge in [-0.1, -0.05) is 11.6 Å². The van der Waals surface area contributed by atoms with Gasteiger partial charge in [0.25, 0.3) is 11.8 Å². The second-order valence-electron chi connectivity index (χ2n) is 5.36. The van der Waals surface area contributed by atoms with Crippen LogP contribution in [0.3, 0.4) is 0 Å². The first kappa shape index (κ1) is 18.4. The summed E-state index contributed by atoms with van der Waals surface area (Å²) >= 11 is 5.66. The molecular formula is C15H22ClFN3O2+. The van der Waals surface area contributed by atoms with E-state index in [4.69, 9.17) is 11.6 Å². The predicted octanol–water partition coefficient (Wildman–Crippen LogP) is 0.847. The van der Waals surface area contributed by atoms with E-state index in [0.717, 1.165) is 4.90 Å². The molecule has 0 radical (unpaired) electrons. The van der Waals surface area contributed by atoms with Gasteiger partial charge in [-0.15, -0.1) is 0 Å². The molecule has 0 aliphatic rings. The highest BCUT2D eigenvalue weighted by atomic mass is 35.5. The Balaban J connectivity index is 2.54. The summed E-state index contributed by atoms with van der Waals surface area (Å²) in [6.07, 6.45) is 0. The van der Waals surface area contributed by atoms with Gasteiger partial charge >= 0.3 is 0 Å². The molecule has 3 N–H and O–H groups in total. The molecule has 2 amide bonds. The normalized spacial score (nSPS) is 12.1. The SMILES string of the molecule is CC[NH+](CC(=O)Nc1ccc(F)c(Cl)c1)CC(=O)NC(C)C. The molecule has 0 bridgehead atoms. The zero-order chi connectivity index (χ0) is 16.7. The minimum atomic E-state index is -0.536. The Hall–Kier alpha value is -1.66. The van der Waals surface area contributed by atoms with Crippen LogP contribution in [0, 0.1) is 5.82 Å². The van der Waals surface area contributed by atoms with E-state index in [-0.39, 0.29) is 36.0 Å². The number of hydrogen-bond acceptors (Lipinski definition) is 2. The number of nitrogens with one attached hydrogen (secondary N) is 3. The maximum atomic E-state index is 13.1. The Morgan fingerprint density at radius 1 is 1.27 bits per heavy atom. The summed E-state index contributed by atoms with van der Waals surface area (Å²) in [7, 11) is 0. The summed E-state index contributed by atoms with van der Waals surface area (Å²) in [5, 5.41) is 5.39. The van der Waals surface area contributed by atoms with E-state index in [2.05, 4.69) is 10.6 Å². The summed E-state index contributed by atoms with van der Waals surface area (Å²) < 4.78 is 13.1.